The molecule has 142 valence electrons. The van der Waals surface area contributed by atoms with Crippen LogP contribution in [0.15, 0.2) is 42.6 Å². The van der Waals surface area contributed by atoms with Crippen LogP contribution in [0, 0.1) is 0 Å². The van der Waals surface area contributed by atoms with Crippen molar-refractivity contribution in [2.24, 2.45) is 0 Å². The molecule has 9 heteroatoms. The summed E-state index contributed by atoms with van der Waals surface area (Å²) in [6, 6.07) is 8.69. The maximum atomic E-state index is 11.8. The minimum Gasteiger partial charge on any atom is -0.356 e. The number of hydrogen-bond acceptors (Lipinski definition) is 6. The molecule has 0 aliphatic heterocycles. The molecule has 0 aliphatic carbocycles. The van der Waals surface area contributed by atoms with Crippen molar-refractivity contribution >= 4 is 20.6 Å². The predicted molar refractivity (Wildman–Crippen MR) is 96.4 cm³/mol. The van der Waals surface area contributed by atoms with E-state index in [4.69, 9.17) is 13.8 Å². The lowest BCUT2D eigenvalue weighted by atomic mass is 10.3. The van der Waals surface area contributed by atoms with Gasteiger partial charge in [0.05, 0.1) is 6.10 Å². The minimum absolute atomic E-state index is 0.0364. The number of nitrogens with zero attached hydrogens (tertiary/aromatic N) is 1. The summed E-state index contributed by atoms with van der Waals surface area (Å²) in [6.07, 6.45) is 2.63. The fourth-order valence-electron chi connectivity index (χ4n) is 1.82. The Morgan fingerprint density at radius 1 is 1.35 bits per heavy atom. The van der Waals surface area contributed by atoms with E-state index in [0.29, 0.717) is 18.6 Å². The van der Waals surface area contributed by atoms with Crippen molar-refractivity contribution in [3.8, 4) is 5.75 Å². The third-order valence-electron chi connectivity index (χ3n) is 3.32. The Hall–Kier alpha value is -2.28. The van der Waals surface area contributed by atoms with E-state index in [2.05, 4.69) is 5.32 Å². The van der Waals surface area contributed by atoms with Gasteiger partial charge in [-0.25, -0.2) is 4.52 Å². The fourth-order valence-corrected chi connectivity index (χ4v) is 2.45. The lowest BCUT2D eigenvalue weighted by molar-refractivity contribution is -0.132. The van der Waals surface area contributed by atoms with Crippen LogP contribution in [0.2, 0.25) is 0 Å². The number of para-hydroxylation sites is 1. The molecular formula is C17H24N2O6P+. The number of amides is 2. The molecule has 0 fully saturated rings. The summed E-state index contributed by atoms with van der Waals surface area (Å²) in [5.41, 5.74) is 0. The molecule has 2 amide bonds. The Balaban J connectivity index is 2.49. The minimum atomic E-state index is -2.34. The quantitative estimate of drug-likeness (QED) is 0.258. The van der Waals surface area contributed by atoms with Crippen LogP contribution in [0.1, 0.15) is 20.3 Å². The zero-order valence-electron chi connectivity index (χ0n) is 15.0. The first-order valence-corrected chi connectivity index (χ1v) is 9.21. The third-order valence-corrected chi connectivity index (χ3v) is 4.04. The van der Waals surface area contributed by atoms with Gasteiger partial charge in [0, 0.05) is 23.9 Å². The van der Waals surface area contributed by atoms with Gasteiger partial charge in [0.15, 0.2) is 5.75 Å². The van der Waals surface area contributed by atoms with Crippen molar-refractivity contribution in [1.29, 1.82) is 0 Å². The second-order valence-electron chi connectivity index (χ2n) is 5.17. The van der Waals surface area contributed by atoms with E-state index in [0.717, 1.165) is 0 Å². The zero-order valence-corrected chi connectivity index (χ0v) is 15.9. The van der Waals surface area contributed by atoms with E-state index in [9.17, 15) is 14.2 Å². The van der Waals surface area contributed by atoms with Gasteiger partial charge < -0.3 is 10.1 Å². The first-order valence-electron chi connectivity index (χ1n) is 8.11. The molecule has 1 aromatic carbocycles. The SMILES string of the molecule is CCC(CO[P+](=O)Oc1ccccc1)OC(C)N(C=O)/C=C\C(=O)NC. The molecule has 0 bridgehead atoms. The number of nitrogens with one attached hydrogen (secondary N) is 1. The number of hydrogen-bond donors (Lipinski definition) is 1. The molecule has 3 atom stereocenters. The molecule has 1 aromatic rings. The van der Waals surface area contributed by atoms with Gasteiger partial charge in [0.25, 0.3) is 0 Å². The maximum Gasteiger partial charge on any atom is 0.750 e. The molecular weight excluding hydrogens is 359 g/mol. The summed E-state index contributed by atoms with van der Waals surface area (Å²) in [5.74, 6) is 0.108. The molecule has 0 saturated carbocycles. The van der Waals surface area contributed by atoms with Gasteiger partial charge in [0.2, 0.25) is 12.3 Å². The molecule has 1 rings (SSSR count). The van der Waals surface area contributed by atoms with E-state index in [1.165, 1.54) is 24.2 Å². The Morgan fingerprint density at radius 2 is 2.04 bits per heavy atom. The monoisotopic (exact) mass is 383 g/mol. The number of rotatable bonds is 12. The van der Waals surface area contributed by atoms with Crippen LogP contribution >= 0.6 is 8.25 Å². The number of benzene rings is 1. The van der Waals surface area contributed by atoms with Crippen LogP contribution in [0.4, 0.5) is 0 Å². The van der Waals surface area contributed by atoms with Crippen molar-refractivity contribution in [2.75, 3.05) is 13.7 Å². The van der Waals surface area contributed by atoms with E-state index >= 15 is 0 Å². The van der Waals surface area contributed by atoms with E-state index < -0.39 is 20.6 Å². The highest BCUT2D eigenvalue weighted by atomic mass is 31.1. The average Bonchev–Trinajstić information content (AvgIpc) is 2.66. The predicted octanol–water partition coefficient (Wildman–Crippen LogP) is 2.60. The highest BCUT2D eigenvalue weighted by molar-refractivity contribution is 7.33. The second kappa shape index (κ2) is 12.1. The molecule has 0 aliphatic rings. The summed E-state index contributed by atoms with van der Waals surface area (Å²) in [6.45, 7) is 3.57. The first kappa shape index (κ1) is 21.8. The normalized spacial score (nSPS) is 13.7. The van der Waals surface area contributed by atoms with Gasteiger partial charge in [-0.1, -0.05) is 25.1 Å². The largest absolute Gasteiger partial charge is 0.750 e. The molecule has 0 radical (unpaired) electrons. The Labute approximate surface area is 154 Å². The molecule has 0 heterocycles. The lowest BCUT2D eigenvalue weighted by Gasteiger charge is -2.25. The van der Waals surface area contributed by atoms with Gasteiger partial charge >= 0.3 is 8.25 Å². The Kier molecular flexibility index (Phi) is 10.2. The fraction of sp³-hybridized carbons (Fsp3) is 0.412. The summed E-state index contributed by atoms with van der Waals surface area (Å²) in [5, 5.41) is 2.41. The summed E-state index contributed by atoms with van der Waals surface area (Å²) in [7, 11) is -0.850. The number of carbonyl (C=O) groups excluding carboxylic acids is 2. The van der Waals surface area contributed by atoms with E-state index in [1.54, 1.807) is 31.2 Å². The zero-order chi connectivity index (χ0) is 19.4. The number of likely N-dealkylation sites (N-methyl/N-ethyl adjacent to an activating group) is 1. The lowest BCUT2D eigenvalue weighted by Crippen LogP contribution is -2.34. The van der Waals surface area contributed by atoms with Crippen molar-refractivity contribution in [2.45, 2.75) is 32.6 Å². The van der Waals surface area contributed by atoms with Crippen LogP contribution in [0.25, 0.3) is 0 Å². The van der Waals surface area contributed by atoms with Gasteiger partial charge in [-0.3, -0.25) is 14.5 Å². The summed E-state index contributed by atoms with van der Waals surface area (Å²) in [4.78, 5) is 23.6. The van der Waals surface area contributed by atoms with Crippen molar-refractivity contribution < 1.29 is 27.9 Å². The summed E-state index contributed by atoms with van der Waals surface area (Å²) >= 11 is 0. The van der Waals surface area contributed by atoms with Gasteiger partial charge in [-0.05, 0) is 25.5 Å². The molecule has 26 heavy (non-hydrogen) atoms. The average molecular weight is 383 g/mol. The molecule has 0 saturated heterocycles. The van der Waals surface area contributed by atoms with Crippen molar-refractivity contribution in [3.05, 3.63) is 42.6 Å². The van der Waals surface area contributed by atoms with Gasteiger partial charge in [-0.2, -0.15) is 0 Å². The third kappa shape index (κ3) is 8.20. The van der Waals surface area contributed by atoms with Crippen LogP contribution in [-0.2, 0) is 23.4 Å². The maximum absolute atomic E-state index is 11.8. The van der Waals surface area contributed by atoms with Crippen LogP contribution in [-0.4, -0.2) is 43.2 Å². The topological polar surface area (TPSA) is 94.2 Å². The highest BCUT2D eigenvalue weighted by Crippen LogP contribution is 2.28. The van der Waals surface area contributed by atoms with E-state index in [1.807, 2.05) is 13.0 Å². The van der Waals surface area contributed by atoms with Crippen LogP contribution in [0.3, 0.4) is 0 Å². The number of carbonyl (C=O) groups is 2. The molecule has 8 nitrogen and oxygen atoms in total. The standard InChI is InChI=1S/C17H23N2O6P/c1-4-15(12-23-26(22)25-16-8-6-5-7-9-16)24-14(2)19(13-20)11-10-17(21)18-3/h5-11,13-15H,4,12H2,1-3H3/p+1/b11-10-. The smallest absolute Gasteiger partial charge is 0.356 e. The molecule has 0 spiro atoms. The first-order chi connectivity index (χ1) is 12.5. The number of ether oxygens (including phenoxy) is 1. The van der Waals surface area contributed by atoms with Crippen molar-refractivity contribution in [1.82, 2.24) is 10.2 Å². The van der Waals surface area contributed by atoms with E-state index in [-0.39, 0.29) is 12.5 Å². The molecule has 1 N–H and O–H groups in total. The van der Waals surface area contributed by atoms with Crippen LogP contribution in [0.5, 0.6) is 5.75 Å². The highest BCUT2D eigenvalue weighted by Gasteiger charge is 2.26. The van der Waals surface area contributed by atoms with Gasteiger partial charge in [-0.15, -0.1) is 4.52 Å². The Bertz CT molecular complexity index is 611. The summed E-state index contributed by atoms with van der Waals surface area (Å²) < 4.78 is 27.9. The van der Waals surface area contributed by atoms with Crippen molar-refractivity contribution in [3.63, 3.8) is 0 Å². The molecule has 0 aromatic heterocycles. The Morgan fingerprint density at radius 3 is 2.62 bits per heavy atom. The second-order valence-corrected chi connectivity index (χ2v) is 6.06. The molecule has 3 unspecified atom stereocenters. The van der Waals surface area contributed by atoms with Gasteiger partial charge in [0.1, 0.15) is 12.8 Å². The van der Waals surface area contributed by atoms with Crippen LogP contribution < -0.4 is 9.84 Å².